The molecule has 8 heteroatoms. The van der Waals surface area contributed by atoms with Gasteiger partial charge in [0.25, 0.3) is 0 Å². The van der Waals surface area contributed by atoms with Crippen molar-refractivity contribution in [3.8, 4) is 62.6 Å². The Bertz CT molecular complexity index is 4620. The number of fused-ring (bicyclic) bond motifs is 9. The minimum atomic E-state index is 0.149. The van der Waals surface area contributed by atoms with E-state index in [1.165, 1.54) is 65.3 Å². The van der Waals surface area contributed by atoms with E-state index in [-0.39, 0.29) is 5.92 Å². The van der Waals surface area contributed by atoms with Gasteiger partial charge in [-0.2, -0.15) is 0 Å². The number of benzene rings is 8. The monoisotopic (exact) mass is 960 g/mol. The zero-order valence-electron chi connectivity index (χ0n) is 40.5. The fourth-order valence-corrected chi connectivity index (χ4v) is 11.5. The lowest BCUT2D eigenvalue weighted by molar-refractivity contribution is 0.909. The van der Waals surface area contributed by atoms with Gasteiger partial charge in [-0.3, -0.25) is 9.97 Å². The highest BCUT2D eigenvalue weighted by molar-refractivity contribution is 6.11. The minimum Gasteiger partial charge on any atom is -0.310 e. The number of hydrogen-bond acceptors (Lipinski definition) is 5. The summed E-state index contributed by atoms with van der Waals surface area (Å²) < 4.78 is 7.18. The molecule has 352 valence electrons. The van der Waals surface area contributed by atoms with Gasteiger partial charge in [-0.25, -0.2) is 15.0 Å². The largest absolute Gasteiger partial charge is 0.310 e. The van der Waals surface area contributed by atoms with Crippen molar-refractivity contribution >= 4 is 66.7 Å². The summed E-state index contributed by atoms with van der Waals surface area (Å²) >= 11 is 0. The second kappa shape index (κ2) is 17.3. The van der Waals surface area contributed by atoms with E-state index in [0.717, 1.165) is 45.5 Å². The van der Waals surface area contributed by atoms with E-state index in [9.17, 15) is 0 Å². The zero-order chi connectivity index (χ0) is 49.4. The van der Waals surface area contributed by atoms with Crippen molar-refractivity contribution in [1.29, 1.82) is 0 Å². The molecular weight excluding hydrogens is 917 g/mol. The Kier molecular flexibility index (Phi) is 9.84. The van der Waals surface area contributed by atoms with Crippen LogP contribution in [0.1, 0.15) is 17.9 Å². The van der Waals surface area contributed by atoms with Gasteiger partial charge in [0, 0.05) is 78.4 Å². The summed E-state index contributed by atoms with van der Waals surface area (Å²) in [4.78, 5) is 24.2. The van der Waals surface area contributed by atoms with Crippen LogP contribution in [0.5, 0.6) is 0 Å². The van der Waals surface area contributed by atoms with Crippen LogP contribution in [0.4, 0.5) is 0 Å². The van der Waals surface area contributed by atoms with E-state index >= 15 is 0 Å². The Labute approximate surface area is 431 Å². The van der Waals surface area contributed by atoms with Gasteiger partial charge in [0.15, 0.2) is 17.5 Å². The first-order valence-electron chi connectivity index (χ1n) is 25.4. The first-order valence-corrected chi connectivity index (χ1v) is 25.4. The molecule has 1 atom stereocenters. The fourth-order valence-electron chi connectivity index (χ4n) is 11.5. The highest BCUT2D eigenvalue weighted by Crippen LogP contribution is 2.38. The van der Waals surface area contributed by atoms with Gasteiger partial charge in [-0.05, 0) is 132 Å². The van der Waals surface area contributed by atoms with Crippen LogP contribution in [-0.4, -0.2) is 38.6 Å². The Hall–Kier alpha value is -10.1. The lowest BCUT2D eigenvalue weighted by Crippen LogP contribution is -2.31. The summed E-state index contributed by atoms with van der Waals surface area (Å²) in [6.45, 7) is 0. The molecule has 8 aromatic carbocycles. The van der Waals surface area contributed by atoms with Crippen LogP contribution in [0.2, 0.25) is 0 Å². The third-order valence-corrected chi connectivity index (χ3v) is 14.9. The first-order chi connectivity index (χ1) is 37.2. The van der Waals surface area contributed by atoms with Gasteiger partial charge in [0.05, 0.1) is 27.6 Å². The number of nitrogens with zero attached hydrogens (tertiary/aromatic N) is 8. The Morgan fingerprint density at radius 1 is 0.347 bits per heavy atom. The van der Waals surface area contributed by atoms with Crippen molar-refractivity contribution in [2.75, 3.05) is 0 Å². The van der Waals surface area contributed by atoms with E-state index in [4.69, 9.17) is 15.0 Å². The molecule has 0 amide bonds. The smallest absolute Gasteiger partial charge is 0.182 e. The number of para-hydroxylation sites is 4. The number of hydrogen-bond donors (Lipinski definition) is 0. The van der Waals surface area contributed by atoms with Crippen molar-refractivity contribution in [1.82, 2.24) is 38.6 Å². The molecule has 0 bridgehead atoms. The molecule has 0 aliphatic heterocycles. The molecule has 14 aromatic rings. The minimum absolute atomic E-state index is 0.149. The van der Waals surface area contributed by atoms with E-state index in [1.54, 1.807) is 12.4 Å². The molecule has 1 aliphatic carbocycles. The summed E-state index contributed by atoms with van der Waals surface area (Å²) in [7, 11) is 0. The molecule has 0 spiro atoms. The highest BCUT2D eigenvalue weighted by atomic mass is 15.1. The molecule has 8 nitrogen and oxygen atoms in total. The number of rotatable bonds is 8. The molecule has 0 saturated heterocycles. The summed E-state index contributed by atoms with van der Waals surface area (Å²) in [6.07, 6.45) is 9.32. The average Bonchev–Trinajstić information content (AvgIpc) is 4.18. The quantitative estimate of drug-likeness (QED) is 0.152. The molecule has 0 N–H and O–H groups in total. The van der Waals surface area contributed by atoms with Gasteiger partial charge in [-0.15, -0.1) is 0 Å². The van der Waals surface area contributed by atoms with Crippen LogP contribution in [0.25, 0.3) is 129 Å². The number of aromatic nitrogens is 8. The molecule has 15 rings (SSSR count). The third kappa shape index (κ3) is 7.10. The van der Waals surface area contributed by atoms with Crippen LogP contribution in [0.3, 0.4) is 0 Å². The van der Waals surface area contributed by atoms with E-state index in [0.29, 0.717) is 28.9 Å². The second-order valence-electron chi connectivity index (χ2n) is 19.3. The molecular formula is C67H44N8. The molecule has 0 saturated carbocycles. The Morgan fingerprint density at radius 3 is 1.47 bits per heavy atom. The summed E-state index contributed by atoms with van der Waals surface area (Å²) in [5, 5.41) is 8.54. The molecule has 1 unspecified atom stereocenters. The highest BCUT2D eigenvalue weighted by Gasteiger charge is 2.22. The van der Waals surface area contributed by atoms with E-state index < -0.39 is 0 Å². The van der Waals surface area contributed by atoms with Gasteiger partial charge in [-0.1, -0.05) is 127 Å². The fraction of sp³-hybridized carbons (Fsp3) is 0.0299. The maximum atomic E-state index is 5.04. The maximum Gasteiger partial charge on any atom is 0.182 e. The van der Waals surface area contributed by atoms with Crippen LogP contribution in [0.15, 0.2) is 237 Å². The standard InChI is InChI=1S/C67H44N8/c1-3-17-48(18-4-1)73-59-26-9-7-22-51(59)53-39-43(28-32-61(53)73)45-30-34-63-55(41-45)56-42-46(44-29-33-62-54(40-44)52-23-8-10-27-60(52)74(62)49-19-5-2-6-20-49)31-35-64(56)75(63)50-21-15-16-47(38-50)65-70-66(57-24-11-13-36-68-57)72-67(71-65)58-25-12-14-37-69-58/h1-30,32-42,46H,31H2. The number of pyridine rings is 2. The van der Waals surface area contributed by atoms with Crippen molar-refractivity contribution in [2.24, 2.45) is 0 Å². The lowest BCUT2D eigenvalue weighted by Gasteiger charge is -2.16. The third-order valence-electron chi connectivity index (χ3n) is 14.9. The van der Waals surface area contributed by atoms with Gasteiger partial charge < -0.3 is 13.7 Å². The van der Waals surface area contributed by atoms with E-state index in [2.05, 4.69) is 224 Å². The predicted molar refractivity (Wildman–Crippen MR) is 305 cm³/mol. The van der Waals surface area contributed by atoms with E-state index in [1.807, 2.05) is 36.4 Å². The second-order valence-corrected chi connectivity index (χ2v) is 19.3. The summed E-state index contributed by atoms with van der Waals surface area (Å²) in [5.41, 5.74) is 15.0. The van der Waals surface area contributed by atoms with Crippen LogP contribution in [0, 0.1) is 0 Å². The molecule has 75 heavy (non-hydrogen) atoms. The Morgan fingerprint density at radius 2 is 0.853 bits per heavy atom. The molecule has 0 fully saturated rings. The van der Waals surface area contributed by atoms with Crippen molar-refractivity contribution in [3.63, 3.8) is 0 Å². The van der Waals surface area contributed by atoms with Gasteiger partial charge in [0.1, 0.15) is 11.4 Å². The predicted octanol–water partition coefficient (Wildman–Crippen LogP) is 14.2. The Balaban J connectivity index is 0.914. The van der Waals surface area contributed by atoms with Crippen LogP contribution in [-0.2, 0) is 0 Å². The molecule has 1 aliphatic rings. The normalized spacial score (nSPS) is 13.4. The van der Waals surface area contributed by atoms with Gasteiger partial charge >= 0.3 is 0 Å². The van der Waals surface area contributed by atoms with Crippen molar-refractivity contribution < 1.29 is 0 Å². The SMILES string of the molecule is C1=c2c(n(-c3cccc(-c4nc(-c5ccccn5)nc(-c5ccccn5)n4)c3)c3ccc(-c4ccc5c(c4)c4ccccc4n5-c4ccccc4)cc23)=CCC1c1ccc2c(c1)c1ccccc1n2-c1ccccc1. The molecule has 6 aromatic heterocycles. The first kappa shape index (κ1) is 42.6. The van der Waals surface area contributed by atoms with Crippen LogP contribution < -0.4 is 10.6 Å². The van der Waals surface area contributed by atoms with Crippen LogP contribution >= 0.6 is 0 Å². The van der Waals surface area contributed by atoms with Crippen molar-refractivity contribution in [2.45, 2.75) is 12.3 Å². The molecule has 0 radical (unpaired) electrons. The topological polar surface area (TPSA) is 79.2 Å². The van der Waals surface area contributed by atoms with Gasteiger partial charge in [0.2, 0.25) is 0 Å². The average molecular weight is 961 g/mol. The zero-order valence-corrected chi connectivity index (χ0v) is 40.5. The summed E-state index contributed by atoms with van der Waals surface area (Å²) in [6, 6.07) is 79.9. The summed E-state index contributed by atoms with van der Waals surface area (Å²) in [5.74, 6) is 1.67. The lowest BCUT2D eigenvalue weighted by atomic mass is 9.90. The molecule has 6 heterocycles. The maximum absolute atomic E-state index is 5.04. The van der Waals surface area contributed by atoms with Crippen molar-refractivity contribution in [3.05, 3.63) is 253 Å².